The molecule has 1 N–H and O–H groups in total. The lowest BCUT2D eigenvalue weighted by atomic mass is 10.2. The molecule has 0 atom stereocenters. The molecule has 0 spiro atoms. The second-order valence-corrected chi connectivity index (χ2v) is 4.52. The number of furan rings is 1. The summed E-state index contributed by atoms with van der Waals surface area (Å²) in [5.74, 6) is 2.34. The summed E-state index contributed by atoms with van der Waals surface area (Å²) in [5.41, 5.74) is 1.84. The number of nitrogens with one attached hydrogen (secondary N) is 1. The highest BCUT2D eigenvalue weighted by Gasteiger charge is 2.08. The lowest BCUT2D eigenvalue weighted by Gasteiger charge is -2.12. The fraction of sp³-hybridized carbons (Fsp3) is 0.188. The summed E-state index contributed by atoms with van der Waals surface area (Å²) >= 11 is 0. The molecule has 0 aliphatic carbocycles. The molecule has 0 saturated heterocycles. The summed E-state index contributed by atoms with van der Waals surface area (Å²) in [4.78, 5) is 4.35. The largest absolute Gasteiger partial charge is 0.497 e. The molecular weight excluding hydrogens is 268 g/mol. The van der Waals surface area contributed by atoms with E-state index in [0.717, 1.165) is 33.8 Å². The topological polar surface area (TPSA) is 56.5 Å². The highest BCUT2D eigenvalue weighted by molar-refractivity contribution is 5.87. The molecular formula is C16H16N2O3. The zero-order valence-electron chi connectivity index (χ0n) is 11.9. The Morgan fingerprint density at radius 3 is 2.86 bits per heavy atom. The first-order valence-corrected chi connectivity index (χ1v) is 6.59. The van der Waals surface area contributed by atoms with Gasteiger partial charge in [0.2, 0.25) is 0 Å². The van der Waals surface area contributed by atoms with Gasteiger partial charge in [-0.1, -0.05) is 0 Å². The van der Waals surface area contributed by atoms with E-state index in [9.17, 15) is 0 Å². The average Bonchev–Trinajstić information content (AvgIpc) is 3.01. The first-order valence-electron chi connectivity index (χ1n) is 6.59. The van der Waals surface area contributed by atoms with Gasteiger partial charge in [0.05, 0.1) is 25.9 Å². The Kier molecular flexibility index (Phi) is 3.64. The van der Waals surface area contributed by atoms with Gasteiger partial charge in [0.25, 0.3) is 0 Å². The number of methoxy groups -OCH3 is 2. The summed E-state index contributed by atoms with van der Waals surface area (Å²) in [5, 5.41) is 4.27. The van der Waals surface area contributed by atoms with Crippen molar-refractivity contribution < 1.29 is 13.9 Å². The van der Waals surface area contributed by atoms with Crippen molar-refractivity contribution in [1.82, 2.24) is 4.98 Å². The van der Waals surface area contributed by atoms with Crippen LogP contribution in [0.5, 0.6) is 11.5 Å². The second-order valence-electron chi connectivity index (χ2n) is 4.52. The number of pyridine rings is 1. The molecule has 3 rings (SSSR count). The molecule has 0 aliphatic rings. The van der Waals surface area contributed by atoms with E-state index in [4.69, 9.17) is 13.9 Å². The number of aromatic nitrogens is 1. The Labute approximate surface area is 122 Å². The van der Waals surface area contributed by atoms with Crippen LogP contribution >= 0.6 is 0 Å². The number of ether oxygens (including phenoxy) is 2. The average molecular weight is 284 g/mol. The molecule has 0 radical (unpaired) electrons. The summed E-state index contributed by atoms with van der Waals surface area (Å²) in [7, 11) is 3.28. The SMILES string of the molecule is COc1ccc(CNc2nccc3occc23)c(OC)c1. The van der Waals surface area contributed by atoms with Crippen LogP contribution in [0.3, 0.4) is 0 Å². The maximum absolute atomic E-state index is 5.39. The van der Waals surface area contributed by atoms with Crippen molar-refractivity contribution in [1.29, 1.82) is 0 Å². The number of fused-ring (bicyclic) bond motifs is 1. The quantitative estimate of drug-likeness (QED) is 0.777. The smallest absolute Gasteiger partial charge is 0.139 e. The third-order valence-corrected chi connectivity index (χ3v) is 3.32. The van der Waals surface area contributed by atoms with Crippen molar-refractivity contribution in [2.45, 2.75) is 6.54 Å². The molecule has 3 aromatic rings. The van der Waals surface area contributed by atoms with E-state index in [-0.39, 0.29) is 0 Å². The number of nitrogens with zero attached hydrogens (tertiary/aromatic N) is 1. The molecule has 0 unspecified atom stereocenters. The van der Waals surface area contributed by atoms with Crippen molar-refractivity contribution in [2.75, 3.05) is 19.5 Å². The van der Waals surface area contributed by atoms with Crippen LogP contribution in [0.4, 0.5) is 5.82 Å². The number of anilines is 1. The van der Waals surface area contributed by atoms with Crippen LogP contribution in [-0.2, 0) is 6.54 Å². The van der Waals surface area contributed by atoms with Crippen molar-refractivity contribution in [3.05, 3.63) is 48.4 Å². The van der Waals surface area contributed by atoms with E-state index < -0.39 is 0 Å². The predicted molar refractivity (Wildman–Crippen MR) is 80.9 cm³/mol. The van der Waals surface area contributed by atoms with E-state index >= 15 is 0 Å². The fourth-order valence-corrected chi connectivity index (χ4v) is 2.21. The van der Waals surface area contributed by atoms with Gasteiger partial charge in [0.1, 0.15) is 22.9 Å². The first-order chi connectivity index (χ1) is 10.3. The van der Waals surface area contributed by atoms with Gasteiger partial charge in [-0.15, -0.1) is 0 Å². The summed E-state index contributed by atoms with van der Waals surface area (Å²) < 4.78 is 16.0. The van der Waals surface area contributed by atoms with Gasteiger partial charge >= 0.3 is 0 Å². The molecule has 2 heterocycles. The Balaban J connectivity index is 1.83. The van der Waals surface area contributed by atoms with Crippen molar-refractivity contribution in [2.24, 2.45) is 0 Å². The van der Waals surface area contributed by atoms with Crippen molar-refractivity contribution in [3.8, 4) is 11.5 Å². The van der Waals surface area contributed by atoms with Gasteiger partial charge in [0.15, 0.2) is 0 Å². The zero-order valence-corrected chi connectivity index (χ0v) is 11.9. The first kappa shape index (κ1) is 13.3. The van der Waals surface area contributed by atoms with Gasteiger partial charge in [-0.3, -0.25) is 0 Å². The van der Waals surface area contributed by atoms with Crippen LogP contribution < -0.4 is 14.8 Å². The molecule has 0 aliphatic heterocycles. The van der Waals surface area contributed by atoms with Gasteiger partial charge in [-0.25, -0.2) is 4.98 Å². The molecule has 21 heavy (non-hydrogen) atoms. The third kappa shape index (κ3) is 2.63. The van der Waals surface area contributed by atoms with E-state index in [2.05, 4.69) is 10.3 Å². The third-order valence-electron chi connectivity index (χ3n) is 3.32. The molecule has 0 bridgehead atoms. The second kappa shape index (κ2) is 5.75. The van der Waals surface area contributed by atoms with Crippen molar-refractivity contribution >= 4 is 16.8 Å². The van der Waals surface area contributed by atoms with E-state index in [1.807, 2.05) is 30.3 Å². The lowest BCUT2D eigenvalue weighted by molar-refractivity contribution is 0.391. The van der Waals surface area contributed by atoms with E-state index in [1.54, 1.807) is 26.7 Å². The Bertz CT molecular complexity index is 752. The maximum Gasteiger partial charge on any atom is 0.139 e. The van der Waals surface area contributed by atoms with Gasteiger partial charge in [-0.2, -0.15) is 0 Å². The summed E-state index contributed by atoms with van der Waals surface area (Å²) in [6, 6.07) is 9.48. The van der Waals surface area contributed by atoms with Gasteiger partial charge in [0, 0.05) is 24.4 Å². The van der Waals surface area contributed by atoms with Crippen LogP contribution in [0.15, 0.2) is 47.2 Å². The Morgan fingerprint density at radius 2 is 2.05 bits per heavy atom. The number of rotatable bonds is 5. The summed E-state index contributed by atoms with van der Waals surface area (Å²) in [6.07, 6.45) is 3.38. The van der Waals surface area contributed by atoms with Crippen LogP contribution in [0.25, 0.3) is 11.0 Å². The Hall–Kier alpha value is -2.69. The fourth-order valence-electron chi connectivity index (χ4n) is 2.21. The number of hydrogen-bond donors (Lipinski definition) is 1. The predicted octanol–water partition coefficient (Wildman–Crippen LogP) is 3.46. The molecule has 2 aromatic heterocycles. The molecule has 0 fully saturated rings. The number of benzene rings is 1. The standard InChI is InChI=1S/C16H16N2O3/c1-19-12-4-3-11(15(9-12)20-2)10-18-16-13-6-8-21-14(13)5-7-17-16/h3-9H,10H2,1-2H3,(H,17,18). The molecule has 5 heteroatoms. The van der Waals surface area contributed by atoms with Gasteiger partial charge < -0.3 is 19.2 Å². The monoisotopic (exact) mass is 284 g/mol. The highest BCUT2D eigenvalue weighted by Crippen LogP contribution is 2.27. The summed E-state index contributed by atoms with van der Waals surface area (Å²) in [6.45, 7) is 0.602. The molecule has 0 amide bonds. The molecule has 0 saturated carbocycles. The number of hydrogen-bond acceptors (Lipinski definition) is 5. The van der Waals surface area contributed by atoms with Crippen LogP contribution in [-0.4, -0.2) is 19.2 Å². The zero-order chi connectivity index (χ0) is 14.7. The minimum atomic E-state index is 0.602. The van der Waals surface area contributed by atoms with E-state index in [0.29, 0.717) is 6.54 Å². The lowest BCUT2D eigenvalue weighted by Crippen LogP contribution is -2.03. The van der Waals surface area contributed by atoms with Crippen LogP contribution in [0.1, 0.15) is 5.56 Å². The van der Waals surface area contributed by atoms with Crippen LogP contribution in [0.2, 0.25) is 0 Å². The van der Waals surface area contributed by atoms with Crippen molar-refractivity contribution in [3.63, 3.8) is 0 Å². The highest BCUT2D eigenvalue weighted by atomic mass is 16.5. The minimum Gasteiger partial charge on any atom is -0.497 e. The minimum absolute atomic E-state index is 0.602. The Morgan fingerprint density at radius 1 is 1.14 bits per heavy atom. The van der Waals surface area contributed by atoms with Crippen LogP contribution in [0, 0.1) is 0 Å². The molecule has 108 valence electrons. The molecule has 1 aromatic carbocycles. The molecule has 5 nitrogen and oxygen atoms in total. The van der Waals surface area contributed by atoms with Gasteiger partial charge in [-0.05, 0) is 24.3 Å². The van der Waals surface area contributed by atoms with E-state index in [1.165, 1.54) is 0 Å². The maximum atomic E-state index is 5.39. The normalized spacial score (nSPS) is 10.6.